The maximum atomic E-state index is 12.9. The molecule has 3 aromatic rings. The van der Waals surface area contributed by atoms with E-state index in [1.165, 1.54) is 5.56 Å². The van der Waals surface area contributed by atoms with E-state index in [2.05, 4.69) is 43.7 Å². The number of nitrogens with one attached hydrogen (secondary N) is 1. The number of rotatable bonds is 4. The molecule has 32 heavy (non-hydrogen) atoms. The number of H-pyrrole nitrogens is 1. The van der Waals surface area contributed by atoms with E-state index in [4.69, 9.17) is 4.74 Å². The van der Waals surface area contributed by atoms with E-state index in [1.54, 1.807) is 22.2 Å². The number of carbonyl (C=O) groups excluding carboxylic acids is 2. The highest BCUT2D eigenvalue weighted by molar-refractivity contribution is 5.97. The van der Waals surface area contributed by atoms with Crippen LogP contribution in [0.2, 0.25) is 0 Å². The molecular weight excluding hydrogens is 404 g/mol. The molecule has 0 spiro atoms. The summed E-state index contributed by atoms with van der Waals surface area (Å²) >= 11 is 0. The van der Waals surface area contributed by atoms with E-state index < -0.39 is 0 Å². The van der Waals surface area contributed by atoms with Gasteiger partial charge in [-0.2, -0.15) is 0 Å². The summed E-state index contributed by atoms with van der Waals surface area (Å²) < 4.78 is 5.93. The summed E-state index contributed by atoms with van der Waals surface area (Å²) in [5.74, 6) is 0.662. The van der Waals surface area contributed by atoms with Crippen LogP contribution in [0.15, 0.2) is 42.7 Å². The van der Waals surface area contributed by atoms with Crippen molar-refractivity contribution in [2.24, 2.45) is 0 Å². The SMILES string of the molecule is Cc1ccc(OCC(=O)N2CCN(C(=O)c3ccc4nc[nH]c4c3)CC2)c(C(C)(C)C)c1. The average molecular weight is 435 g/mol. The van der Waals surface area contributed by atoms with Gasteiger partial charge in [-0.15, -0.1) is 0 Å². The van der Waals surface area contributed by atoms with E-state index in [1.807, 2.05) is 24.3 Å². The number of piperazine rings is 1. The van der Waals surface area contributed by atoms with Crippen molar-refractivity contribution in [3.05, 3.63) is 59.4 Å². The Bertz CT molecular complexity index is 1140. The van der Waals surface area contributed by atoms with Gasteiger partial charge in [-0.05, 0) is 42.2 Å². The van der Waals surface area contributed by atoms with Gasteiger partial charge in [0.05, 0.1) is 17.4 Å². The third-order valence-corrected chi connectivity index (χ3v) is 5.88. The van der Waals surface area contributed by atoms with Gasteiger partial charge in [0.1, 0.15) is 5.75 Å². The number of fused-ring (bicyclic) bond motifs is 1. The van der Waals surface area contributed by atoms with Gasteiger partial charge in [0.2, 0.25) is 0 Å². The summed E-state index contributed by atoms with van der Waals surface area (Å²) in [6, 6.07) is 11.5. The minimum Gasteiger partial charge on any atom is -0.483 e. The first kappa shape index (κ1) is 21.9. The molecule has 2 heterocycles. The molecular formula is C25H30N4O3. The lowest BCUT2D eigenvalue weighted by Crippen LogP contribution is -2.51. The summed E-state index contributed by atoms with van der Waals surface area (Å²) in [6.07, 6.45) is 1.62. The Kier molecular flexibility index (Phi) is 5.91. The van der Waals surface area contributed by atoms with Crippen molar-refractivity contribution in [3.63, 3.8) is 0 Å². The Labute approximate surface area is 188 Å². The molecule has 1 aliphatic heterocycles. The van der Waals surface area contributed by atoms with Crippen LogP contribution in [0, 0.1) is 6.92 Å². The topological polar surface area (TPSA) is 78.5 Å². The largest absolute Gasteiger partial charge is 0.483 e. The molecule has 0 atom stereocenters. The number of ether oxygens (including phenoxy) is 1. The molecule has 7 heteroatoms. The van der Waals surface area contributed by atoms with Crippen molar-refractivity contribution in [2.75, 3.05) is 32.8 Å². The monoisotopic (exact) mass is 434 g/mol. The molecule has 1 saturated heterocycles. The van der Waals surface area contributed by atoms with Crippen LogP contribution in [0.1, 0.15) is 42.3 Å². The second-order valence-electron chi connectivity index (χ2n) is 9.35. The van der Waals surface area contributed by atoms with E-state index >= 15 is 0 Å². The van der Waals surface area contributed by atoms with Gasteiger partial charge in [0.25, 0.3) is 11.8 Å². The van der Waals surface area contributed by atoms with Gasteiger partial charge < -0.3 is 19.5 Å². The lowest BCUT2D eigenvalue weighted by atomic mass is 9.85. The smallest absolute Gasteiger partial charge is 0.260 e. The van der Waals surface area contributed by atoms with Crippen LogP contribution >= 0.6 is 0 Å². The molecule has 7 nitrogen and oxygen atoms in total. The fraction of sp³-hybridized carbons (Fsp3) is 0.400. The number of hydrogen-bond acceptors (Lipinski definition) is 4. The highest BCUT2D eigenvalue weighted by Crippen LogP contribution is 2.32. The van der Waals surface area contributed by atoms with Crippen LogP contribution in [-0.4, -0.2) is 64.4 Å². The average Bonchev–Trinajstić information content (AvgIpc) is 3.25. The number of aromatic nitrogens is 2. The fourth-order valence-electron chi connectivity index (χ4n) is 4.00. The highest BCUT2D eigenvalue weighted by Gasteiger charge is 2.26. The first-order valence-electron chi connectivity index (χ1n) is 11.0. The second-order valence-corrected chi connectivity index (χ2v) is 9.35. The number of benzene rings is 2. The summed E-state index contributed by atoms with van der Waals surface area (Å²) in [7, 11) is 0. The summed E-state index contributed by atoms with van der Waals surface area (Å²) in [6.45, 7) is 10.5. The van der Waals surface area contributed by atoms with Gasteiger partial charge in [0.15, 0.2) is 6.61 Å². The zero-order chi connectivity index (χ0) is 22.9. The Morgan fingerprint density at radius 3 is 2.47 bits per heavy atom. The van der Waals surface area contributed by atoms with E-state index in [0.717, 1.165) is 22.3 Å². The number of amides is 2. The van der Waals surface area contributed by atoms with E-state index in [-0.39, 0.29) is 23.8 Å². The molecule has 0 saturated carbocycles. The highest BCUT2D eigenvalue weighted by atomic mass is 16.5. The molecule has 1 aromatic heterocycles. The Hall–Kier alpha value is -3.35. The van der Waals surface area contributed by atoms with Crippen molar-refractivity contribution in [1.29, 1.82) is 0 Å². The Morgan fingerprint density at radius 1 is 1.03 bits per heavy atom. The van der Waals surface area contributed by atoms with Crippen LogP contribution in [0.4, 0.5) is 0 Å². The molecule has 0 aliphatic carbocycles. The van der Waals surface area contributed by atoms with Crippen LogP contribution in [0.3, 0.4) is 0 Å². The molecule has 0 bridgehead atoms. The van der Waals surface area contributed by atoms with Crippen LogP contribution < -0.4 is 4.74 Å². The van der Waals surface area contributed by atoms with Crippen molar-refractivity contribution < 1.29 is 14.3 Å². The summed E-state index contributed by atoms with van der Waals surface area (Å²) in [5, 5.41) is 0. The molecule has 0 unspecified atom stereocenters. The first-order chi connectivity index (χ1) is 15.2. The van der Waals surface area contributed by atoms with E-state index in [0.29, 0.717) is 31.7 Å². The molecule has 1 N–H and O–H groups in total. The van der Waals surface area contributed by atoms with Crippen molar-refractivity contribution in [3.8, 4) is 5.75 Å². The number of hydrogen-bond donors (Lipinski definition) is 1. The van der Waals surface area contributed by atoms with Gasteiger partial charge in [-0.3, -0.25) is 9.59 Å². The second kappa shape index (κ2) is 8.65. The lowest BCUT2D eigenvalue weighted by Gasteiger charge is -2.35. The Balaban J connectivity index is 1.33. The molecule has 168 valence electrons. The van der Waals surface area contributed by atoms with Crippen molar-refractivity contribution in [1.82, 2.24) is 19.8 Å². The number of carbonyl (C=O) groups is 2. The molecule has 4 rings (SSSR count). The minimum atomic E-state index is -0.0738. The summed E-state index contributed by atoms with van der Waals surface area (Å²) in [5.41, 5.74) is 4.48. The standard InChI is InChI=1S/C25H30N4O3/c1-17-5-8-22(19(13-17)25(2,3)4)32-15-23(30)28-9-11-29(12-10-28)24(31)18-6-7-20-21(14-18)27-16-26-20/h5-8,13-14,16H,9-12,15H2,1-4H3,(H,26,27). The summed E-state index contributed by atoms with van der Waals surface area (Å²) in [4.78, 5) is 36.4. The molecule has 0 radical (unpaired) electrons. The molecule has 2 amide bonds. The molecule has 2 aromatic carbocycles. The fourth-order valence-corrected chi connectivity index (χ4v) is 4.00. The van der Waals surface area contributed by atoms with Gasteiger partial charge in [0, 0.05) is 31.7 Å². The number of nitrogens with zero attached hydrogens (tertiary/aromatic N) is 3. The van der Waals surface area contributed by atoms with Crippen LogP contribution in [-0.2, 0) is 10.2 Å². The third kappa shape index (κ3) is 4.61. The first-order valence-corrected chi connectivity index (χ1v) is 11.0. The number of aromatic amines is 1. The van der Waals surface area contributed by atoms with Gasteiger partial charge >= 0.3 is 0 Å². The maximum Gasteiger partial charge on any atom is 0.260 e. The number of imidazole rings is 1. The quantitative estimate of drug-likeness (QED) is 0.681. The minimum absolute atomic E-state index is 0.00339. The third-order valence-electron chi connectivity index (χ3n) is 5.88. The van der Waals surface area contributed by atoms with Crippen LogP contribution in [0.25, 0.3) is 11.0 Å². The van der Waals surface area contributed by atoms with Gasteiger partial charge in [-0.25, -0.2) is 4.98 Å². The predicted molar refractivity (Wildman–Crippen MR) is 124 cm³/mol. The van der Waals surface area contributed by atoms with Crippen molar-refractivity contribution >= 4 is 22.8 Å². The lowest BCUT2D eigenvalue weighted by molar-refractivity contribution is -0.134. The molecule has 1 fully saturated rings. The Morgan fingerprint density at radius 2 is 1.75 bits per heavy atom. The van der Waals surface area contributed by atoms with Crippen LogP contribution in [0.5, 0.6) is 5.75 Å². The zero-order valence-electron chi connectivity index (χ0n) is 19.1. The zero-order valence-corrected chi connectivity index (χ0v) is 19.1. The van der Waals surface area contributed by atoms with Gasteiger partial charge in [-0.1, -0.05) is 38.5 Å². The predicted octanol–water partition coefficient (Wildman–Crippen LogP) is 3.53. The normalized spacial score (nSPS) is 14.6. The maximum absolute atomic E-state index is 12.9. The van der Waals surface area contributed by atoms with Crippen molar-refractivity contribution in [2.45, 2.75) is 33.1 Å². The van der Waals surface area contributed by atoms with E-state index in [9.17, 15) is 9.59 Å². The molecule has 1 aliphatic rings. The number of aryl methyl sites for hydroxylation is 1.